The second-order valence-corrected chi connectivity index (χ2v) is 5.52. The van der Waals surface area contributed by atoms with E-state index in [-0.39, 0.29) is 11.2 Å². The minimum Gasteiger partial charge on any atom is -0.497 e. The Labute approximate surface area is 130 Å². The van der Waals surface area contributed by atoms with Gasteiger partial charge in [-0.2, -0.15) is 0 Å². The van der Waals surface area contributed by atoms with Gasteiger partial charge in [0.05, 0.1) is 13.7 Å². The lowest BCUT2D eigenvalue weighted by molar-refractivity contribution is 0.414. The van der Waals surface area contributed by atoms with Gasteiger partial charge in [-0.15, -0.1) is 0 Å². The van der Waals surface area contributed by atoms with Crippen molar-refractivity contribution >= 4 is 21.6 Å². The van der Waals surface area contributed by atoms with Crippen LogP contribution in [-0.4, -0.2) is 16.2 Å². The SMILES string of the molecule is COc1cc(Br)cc(NCc2cc(=O)n(C)c(=O)n2C)c1. The van der Waals surface area contributed by atoms with Crippen LogP contribution in [0.25, 0.3) is 0 Å². The van der Waals surface area contributed by atoms with Gasteiger partial charge in [0, 0.05) is 42.1 Å². The standard InChI is InChI=1S/C14H16BrN3O3/c1-17-11(7-13(19)18(2)14(17)20)8-16-10-4-9(15)5-12(6-10)21-3/h4-7,16H,8H2,1-3H3. The normalized spacial score (nSPS) is 10.5. The number of anilines is 1. The summed E-state index contributed by atoms with van der Waals surface area (Å²) in [5.41, 5.74) is 0.782. The third kappa shape index (κ3) is 3.36. The predicted octanol–water partition coefficient (Wildman–Crippen LogP) is 1.47. The lowest BCUT2D eigenvalue weighted by Gasteiger charge is -2.12. The maximum atomic E-state index is 11.8. The van der Waals surface area contributed by atoms with E-state index in [1.54, 1.807) is 14.2 Å². The molecule has 7 heteroatoms. The van der Waals surface area contributed by atoms with Gasteiger partial charge in [0.25, 0.3) is 5.56 Å². The molecule has 0 aliphatic rings. The van der Waals surface area contributed by atoms with Crippen molar-refractivity contribution in [2.24, 2.45) is 14.1 Å². The van der Waals surface area contributed by atoms with Gasteiger partial charge in [0.2, 0.25) is 0 Å². The molecule has 0 amide bonds. The number of hydrogen-bond donors (Lipinski definition) is 1. The molecule has 1 N–H and O–H groups in total. The quantitative estimate of drug-likeness (QED) is 0.903. The van der Waals surface area contributed by atoms with Crippen molar-refractivity contribution in [1.82, 2.24) is 9.13 Å². The van der Waals surface area contributed by atoms with Gasteiger partial charge in [-0.1, -0.05) is 15.9 Å². The van der Waals surface area contributed by atoms with E-state index in [1.807, 2.05) is 18.2 Å². The summed E-state index contributed by atoms with van der Waals surface area (Å²) in [5, 5.41) is 3.17. The zero-order valence-electron chi connectivity index (χ0n) is 12.0. The third-order valence-electron chi connectivity index (χ3n) is 3.21. The summed E-state index contributed by atoms with van der Waals surface area (Å²) >= 11 is 3.40. The number of ether oxygens (including phenoxy) is 1. The molecule has 0 spiro atoms. The Morgan fingerprint density at radius 3 is 2.52 bits per heavy atom. The molecule has 2 rings (SSSR count). The molecule has 2 aromatic rings. The highest BCUT2D eigenvalue weighted by Gasteiger charge is 2.06. The summed E-state index contributed by atoms with van der Waals surface area (Å²) < 4.78 is 8.59. The monoisotopic (exact) mass is 353 g/mol. The minimum atomic E-state index is -0.342. The van der Waals surface area contributed by atoms with Crippen LogP contribution < -0.4 is 21.3 Å². The average Bonchev–Trinajstić information content (AvgIpc) is 2.46. The van der Waals surface area contributed by atoms with E-state index in [0.717, 1.165) is 14.7 Å². The van der Waals surface area contributed by atoms with Crippen molar-refractivity contribution < 1.29 is 4.74 Å². The first-order valence-electron chi connectivity index (χ1n) is 6.26. The summed E-state index contributed by atoms with van der Waals surface area (Å²) in [4.78, 5) is 23.5. The van der Waals surface area contributed by atoms with Gasteiger partial charge in [-0.05, 0) is 12.1 Å². The van der Waals surface area contributed by atoms with Crippen LogP contribution in [0.15, 0.2) is 38.3 Å². The van der Waals surface area contributed by atoms with E-state index in [0.29, 0.717) is 18.0 Å². The number of methoxy groups -OCH3 is 1. The molecule has 21 heavy (non-hydrogen) atoms. The number of benzene rings is 1. The Morgan fingerprint density at radius 1 is 1.14 bits per heavy atom. The van der Waals surface area contributed by atoms with E-state index in [9.17, 15) is 9.59 Å². The first kappa shape index (κ1) is 15.4. The molecule has 112 valence electrons. The zero-order chi connectivity index (χ0) is 15.6. The first-order valence-corrected chi connectivity index (χ1v) is 7.06. The molecule has 1 aromatic heterocycles. The summed E-state index contributed by atoms with van der Waals surface area (Å²) in [6.45, 7) is 0.363. The molecule has 0 saturated heterocycles. The van der Waals surface area contributed by atoms with Crippen molar-refractivity contribution in [2.75, 3.05) is 12.4 Å². The van der Waals surface area contributed by atoms with Crippen molar-refractivity contribution in [3.8, 4) is 5.75 Å². The largest absolute Gasteiger partial charge is 0.497 e. The van der Waals surface area contributed by atoms with Gasteiger partial charge in [0.1, 0.15) is 5.75 Å². The Morgan fingerprint density at radius 2 is 1.86 bits per heavy atom. The van der Waals surface area contributed by atoms with Crippen molar-refractivity contribution in [1.29, 1.82) is 0 Å². The van der Waals surface area contributed by atoms with E-state index < -0.39 is 0 Å². The molecular formula is C14H16BrN3O3. The first-order chi connectivity index (χ1) is 9.92. The minimum absolute atomic E-state index is 0.318. The average molecular weight is 354 g/mol. The highest BCUT2D eigenvalue weighted by Crippen LogP contribution is 2.24. The highest BCUT2D eigenvalue weighted by molar-refractivity contribution is 9.10. The molecular weight excluding hydrogens is 338 g/mol. The van der Waals surface area contributed by atoms with Gasteiger partial charge >= 0.3 is 5.69 Å². The molecule has 0 aliphatic heterocycles. The van der Waals surface area contributed by atoms with Crippen molar-refractivity contribution in [2.45, 2.75) is 6.54 Å². The van der Waals surface area contributed by atoms with Crippen LogP contribution >= 0.6 is 15.9 Å². The summed E-state index contributed by atoms with van der Waals surface area (Å²) in [7, 11) is 4.69. The number of nitrogens with one attached hydrogen (secondary N) is 1. The molecule has 0 unspecified atom stereocenters. The van der Waals surface area contributed by atoms with Crippen LogP contribution in [0.4, 0.5) is 5.69 Å². The van der Waals surface area contributed by atoms with E-state index in [4.69, 9.17) is 4.74 Å². The van der Waals surface area contributed by atoms with Crippen LogP contribution in [-0.2, 0) is 20.6 Å². The fourth-order valence-corrected chi connectivity index (χ4v) is 2.40. The Bertz CT molecular complexity index is 780. The van der Waals surface area contributed by atoms with E-state index >= 15 is 0 Å². The number of nitrogens with zero attached hydrogens (tertiary/aromatic N) is 2. The number of rotatable bonds is 4. The van der Waals surface area contributed by atoms with Gasteiger partial charge in [-0.3, -0.25) is 13.9 Å². The molecule has 0 radical (unpaired) electrons. The van der Waals surface area contributed by atoms with Gasteiger partial charge in [-0.25, -0.2) is 4.79 Å². The summed E-state index contributed by atoms with van der Waals surface area (Å²) in [6, 6.07) is 7.02. The highest BCUT2D eigenvalue weighted by atomic mass is 79.9. The molecule has 0 atom stereocenters. The van der Waals surface area contributed by atoms with Gasteiger partial charge < -0.3 is 10.1 Å². The molecule has 6 nitrogen and oxygen atoms in total. The van der Waals surface area contributed by atoms with Crippen molar-refractivity contribution in [3.05, 3.63) is 55.3 Å². The lowest BCUT2D eigenvalue weighted by Crippen LogP contribution is -2.38. The fraction of sp³-hybridized carbons (Fsp3) is 0.286. The maximum Gasteiger partial charge on any atom is 0.330 e. The Hall–Kier alpha value is -2.02. The second-order valence-electron chi connectivity index (χ2n) is 4.61. The molecule has 1 heterocycles. The Balaban J connectivity index is 2.27. The molecule has 0 saturated carbocycles. The topological polar surface area (TPSA) is 65.3 Å². The Kier molecular flexibility index (Phi) is 4.52. The summed E-state index contributed by atoms with van der Waals surface area (Å²) in [5.74, 6) is 0.713. The van der Waals surface area contributed by atoms with Crippen LogP contribution in [0, 0.1) is 0 Å². The molecule has 1 aromatic carbocycles. The molecule has 0 fully saturated rings. The summed E-state index contributed by atoms with van der Waals surface area (Å²) in [6.07, 6.45) is 0. The smallest absolute Gasteiger partial charge is 0.330 e. The number of halogens is 1. The van der Waals surface area contributed by atoms with Crippen LogP contribution in [0.5, 0.6) is 5.75 Å². The van der Waals surface area contributed by atoms with Crippen LogP contribution in [0.2, 0.25) is 0 Å². The number of hydrogen-bond acceptors (Lipinski definition) is 4. The lowest BCUT2D eigenvalue weighted by atomic mass is 10.3. The number of aromatic nitrogens is 2. The van der Waals surface area contributed by atoms with E-state index in [2.05, 4.69) is 21.2 Å². The van der Waals surface area contributed by atoms with Gasteiger partial charge in [0.15, 0.2) is 0 Å². The fourth-order valence-electron chi connectivity index (χ4n) is 1.92. The molecule has 0 bridgehead atoms. The predicted molar refractivity (Wildman–Crippen MR) is 84.9 cm³/mol. The van der Waals surface area contributed by atoms with E-state index in [1.165, 1.54) is 17.7 Å². The van der Waals surface area contributed by atoms with Crippen molar-refractivity contribution in [3.63, 3.8) is 0 Å². The third-order valence-corrected chi connectivity index (χ3v) is 3.66. The van der Waals surface area contributed by atoms with Crippen LogP contribution in [0.1, 0.15) is 5.69 Å². The van der Waals surface area contributed by atoms with Crippen LogP contribution in [0.3, 0.4) is 0 Å². The zero-order valence-corrected chi connectivity index (χ0v) is 13.6. The molecule has 0 aliphatic carbocycles. The maximum absolute atomic E-state index is 11.8. The second kappa shape index (κ2) is 6.17.